The lowest BCUT2D eigenvalue weighted by molar-refractivity contribution is -0.158. The van der Waals surface area contributed by atoms with Gasteiger partial charge in [-0.25, -0.2) is 0 Å². The molecule has 0 bridgehead atoms. The Morgan fingerprint density at radius 2 is 1.90 bits per heavy atom. The van der Waals surface area contributed by atoms with Gasteiger partial charge >= 0.3 is 0 Å². The van der Waals surface area contributed by atoms with E-state index in [1.165, 1.54) is 10.5 Å². The number of ether oxygens (including phenoxy) is 1. The number of imide groups is 1. The smallest absolute Gasteiger partial charge is 0.255 e. The number of rotatable bonds is 4. The maximum atomic E-state index is 11.8. The molecular weight excluding hydrogens is 256 g/mol. The second-order valence-electron chi connectivity index (χ2n) is 5.09. The summed E-state index contributed by atoms with van der Waals surface area (Å²) in [7, 11) is 1.83. The van der Waals surface area contributed by atoms with E-state index in [2.05, 4.69) is 11.4 Å². The molecule has 1 aliphatic rings. The predicted octanol–water partition coefficient (Wildman–Crippen LogP) is 0.949. The van der Waals surface area contributed by atoms with E-state index in [1.807, 2.05) is 33.0 Å². The molecule has 0 aliphatic carbocycles. The molecule has 1 N–H and O–H groups in total. The Morgan fingerprint density at radius 1 is 1.25 bits per heavy atom. The highest BCUT2D eigenvalue weighted by molar-refractivity contribution is 5.98. The van der Waals surface area contributed by atoms with E-state index >= 15 is 0 Å². The topological polar surface area (TPSA) is 58.6 Å². The lowest BCUT2D eigenvalue weighted by atomic mass is 9.98. The molecule has 0 spiro atoms. The Morgan fingerprint density at radius 3 is 2.45 bits per heavy atom. The monoisotopic (exact) mass is 276 g/mol. The maximum Gasteiger partial charge on any atom is 0.255 e. The summed E-state index contributed by atoms with van der Waals surface area (Å²) in [6.45, 7) is 4.38. The third kappa shape index (κ3) is 3.05. The summed E-state index contributed by atoms with van der Waals surface area (Å²) >= 11 is 0. The highest BCUT2D eigenvalue weighted by Crippen LogP contribution is 2.20. The molecule has 1 fully saturated rings. The van der Waals surface area contributed by atoms with Gasteiger partial charge in [-0.2, -0.15) is 0 Å². The lowest BCUT2D eigenvalue weighted by Gasteiger charge is -2.29. The van der Waals surface area contributed by atoms with E-state index in [9.17, 15) is 9.59 Å². The molecule has 20 heavy (non-hydrogen) atoms. The summed E-state index contributed by atoms with van der Waals surface area (Å²) in [5.74, 6) is -0.544. The number of carbonyl (C=O) groups is 2. The number of aryl methyl sites for hydroxylation is 2. The molecule has 5 nitrogen and oxygen atoms in total. The van der Waals surface area contributed by atoms with Gasteiger partial charge in [0.25, 0.3) is 11.8 Å². The first kappa shape index (κ1) is 14.7. The normalized spacial score (nSPS) is 17.4. The third-order valence-corrected chi connectivity index (χ3v) is 3.57. The average molecular weight is 276 g/mol. The van der Waals surface area contributed by atoms with E-state index in [-0.39, 0.29) is 31.1 Å². The van der Waals surface area contributed by atoms with E-state index in [1.54, 1.807) is 0 Å². The zero-order chi connectivity index (χ0) is 14.7. The molecule has 1 heterocycles. The zero-order valence-corrected chi connectivity index (χ0v) is 12.1. The van der Waals surface area contributed by atoms with Crippen molar-refractivity contribution in [2.24, 2.45) is 0 Å². The maximum absolute atomic E-state index is 11.8. The van der Waals surface area contributed by atoms with Gasteiger partial charge in [-0.1, -0.05) is 23.8 Å². The molecule has 108 valence electrons. The Labute approximate surface area is 118 Å². The van der Waals surface area contributed by atoms with Gasteiger partial charge in [0.05, 0.1) is 6.04 Å². The number of hydrogen-bond donors (Lipinski definition) is 1. The van der Waals surface area contributed by atoms with Crippen LogP contribution in [0.4, 0.5) is 0 Å². The first-order valence-corrected chi connectivity index (χ1v) is 6.68. The summed E-state index contributed by atoms with van der Waals surface area (Å²) in [6.07, 6.45) is 0. The molecule has 2 amide bonds. The van der Waals surface area contributed by atoms with E-state index in [0.29, 0.717) is 6.54 Å². The van der Waals surface area contributed by atoms with Crippen LogP contribution in [0.15, 0.2) is 18.2 Å². The minimum atomic E-state index is -0.272. The predicted molar refractivity (Wildman–Crippen MR) is 75.3 cm³/mol. The first-order chi connectivity index (χ1) is 9.52. The summed E-state index contributed by atoms with van der Waals surface area (Å²) in [4.78, 5) is 24.8. The third-order valence-electron chi connectivity index (χ3n) is 3.57. The fraction of sp³-hybridized carbons (Fsp3) is 0.467. The Kier molecular flexibility index (Phi) is 4.52. The van der Waals surface area contributed by atoms with Crippen LogP contribution in [0.3, 0.4) is 0 Å². The summed E-state index contributed by atoms with van der Waals surface area (Å²) in [6, 6.07) is 6.11. The van der Waals surface area contributed by atoms with Crippen LogP contribution in [0.2, 0.25) is 0 Å². The van der Waals surface area contributed by atoms with Crippen molar-refractivity contribution in [1.29, 1.82) is 0 Å². The van der Waals surface area contributed by atoms with Gasteiger partial charge in [-0.05, 0) is 32.0 Å². The second-order valence-corrected chi connectivity index (χ2v) is 5.09. The van der Waals surface area contributed by atoms with Gasteiger partial charge in [-0.3, -0.25) is 14.5 Å². The zero-order valence-electron chi connectivity index (χ0n) is 12.1. The molecule has 1 atom stereocenters. The molecule has 0 saturated carbocycles. The van der Waals surface area contributed by atoms with Crippen molar-refractivity contribution in [1.82, 2.24) is 10.2 Å². The number of likely N-dealkylation sites (N-methyl/N-ethyl adjacent to an activating group) is 1. The Balaban J connectivity index is 2.20. The van der Waals surface area contributed by atoms with Gasteiger partial charge < -0.3 is 10.1 Å². The van der Waals surface area contributed by atoms with Crippen molar-refractivity contribution in [3.05, 3.63) is 34.9 Å². The Bertz CT molecular complexity index is 512. The highest BCUT2D eigenvalue weighted by Gasteiger charge is 2.29. The fourth-order valence-electron chi connectivity index (χ4n) is 2.47. The summed E-state index contributed by atoms with van der Waals surface area (Å²) < 4.78 is 4.92. The molecule has 5 heteroatoms. The average Bonchev–Trinajstić information content (AvgIpc) is 2.40. The van der Waals surface area contributed by atoms with E-state index < -0.39 is 0 Å². The number of morpholine rings is 1. The highest BCUT2D eigenvalue weighted by atomic mass is 16.5. The van der Waals surface area contributed by atoms with Crippen molar-refractivity contribution in [3.63, 3.8) is 0 Å². The minimum Gasteiger partial charge on any atom is -0.362 e. The molecule has 2 rings (SSSR count). The van der Waals surface area contributed by atoms with Crippen LogP contribution in [0.1, 0.15) is 22.7 Å². The first-order valence-electron chi connectivity index (χ1n) is 6.68. The number of amides is 2. The van der Waals surface area contributed by atoms with Gasteiger partial charge in [0.2, 0.25) is 0 Å². The summed E-state index contributed by atoms with van der Waals surface area (Å²) in [5.41, 5.74) is 3.45. The SMILES string of the molecule is CNC(CN1C(=O)COCC1=O)c1ccc(C)cc1C. The van der Waals surface area contributed by atoms with Gasteiger partial charge in [0.1, 0.15) is 13.2 Å². The van der Waals surface area contributed by atoms with Crippen molar-refractivity contribution in [2.75, 3.05) is 26.8 Å². The molecule has 1 aromatic carbocycles. The van der Waals surface area contributed by atoms with Crippen LogP contribution in [-0.2, 0) is 14.3 Å². The minimum absolute atomic E-state index is 0.0188. The largest absolute Gasteiger partial charge is 0.362 e. The Hall–Kier alpha value is -1.72. The van der Waals surface area contributed by atoms with E-state index in [0.717, 1.165) is 11.1 Å². The van der Waals surface area contributed by atoms with Crippen molar-refractivity contribution in [3.8, 4) is 0 Å². The number of carbonyl (C=O) groups excluding carboxylic acids is 2. The molecule has 1 unspecified atom stereocenters. The molecular formula is C15H20N2O3. The number of nitrogens with one attached hydrogen (secondary N) is 1. The van der Waals surface area contributed by atoms with Crippen LogP contribution in [0.5, 0.6) is 0 Å². The number of nitrogens with zero attached hydrogens (tertiary/aromatic N) is 1. The van der Waals surface area contributed by atoms with Gasteiger partial charge in [0, 0.05) is 6.54 Å². The van der Waals surface area contributed by atoms with Crippen molar-refractivity contribution < 1.29 is 14.3 Å². The van der Waals surface area contributed by atoms with Crippen molar-refractivity contribution in [2.45, 2.75) is 19.9 Å². The molecule has 1 saturated heterocycles. The van der Waals surface area contributed by atoms with Gasteiger partial charge in [0.15, 0.2) is 0 Å². The number of benzene rings is 1. The fourth-order valence-corrected chi connectivity index (χ4v) is 2.47. The second kappa shape index (κ2) is 6.15. The van der Waals surface area contributed by atoms with Crippen LogP contribution in [0.25, 0.3) is 0 Å². The van der Waals surface area contributed by atoms with Crippen LogP contribution >= 0.6 is 0 Å². The standard InChI is InChI=1S/C15H20N2O3/c1-10-4-5-12(11(2)6-10)13(16-3)7-17-14(18)8-20-9-15(17)19/h4-6,13,16H,7-9H2,1-3H3. The lowest BCUT2D eigenvalue weighted by Crippen LogP contribution is -2.49. The molecule has 0 aromatic heterocycles. The van der Waals surface area contributed by atoms with Crippen LogP contribution < -0.4 is 5.32 Å². The molecule has 1 aliphatic heterocycles. The quantitative estimate of drug-likeness (QED) is 0.832. The van der Waals surface area contributed by atoms with Gasteiger partial charge in [-0.15, -0.1) is 0 Å². The number of hydrogen-bond acceptors (Lipinski definition) is 4. The molecule has 0 radical (unpaired) electrons. The van der Waals surface area contributed by atoms with E-state index in [4.69, 9.17) is 4.74 Å². The van der Waals surface area contributed by atoms with Crippen molar-refractivity contribution >= 4 is 11.8 Å². The summed E-state index contributed by atoms with van der Waals surface area (Å²) in [5, 5.41) is 3.18. The van der Waals surface area contributed by atoms with Crippen LogP contribution in [0, 0.1) is 13.8 Å². The molecule has 1 aromatic rings. The van der Waals surface area contributed by atoms with Crippen LogP contribution in [-0.4, -0.2) is 43.5 Å².